The van der Waals surface area contributed by atoms with Crippen molar-refractivity contribution in [3.05, 3.63) is 90.8 Å². The highest BCUT2D eigenvalue weighted by Crippen LogP contribution is 2.24. The molecule has 0 saturated heterocycles. The summed E-state index contributed by atoms with van der Waals surface area (Å²) < 4.78 is 4.21. The number of hydrogen-bond donors (Lipinski definition) is 3. The first-order valence-electron chi connectivity index (χ1n) is 13.1. The molecule has 3 aromatic rings. The van der Waals surface area contributed by atoms with Gasteiger partial charge in [0.05, 0.1) is 36.4 Å². The Morgan fingerprint density at radius 2 is 1.74 bits per heavy atom. The van der Waals surface area contributed by atoms with Gasteiger partial charge < -0.3 is 33.7 Å². The van der Waals surface area contributed by atoms with Crippen LogP contribution in [0.2, 0.25) is 0 Å². The molecule has 0 saturated carbocycles. The minimum Gasteiger partial charge on any atom is -1.00 e. The molecular weight excluding hydrogens is 510 g/mol. The predicted octanol–water partition coefficient (Wildman–Crippen LogP) is 1.55. The summed E-state index contributed by atoms with van der Waals surface area (Å²) in [5, 5.41) is 6.66. The van der Waals surface area contributed by atoms with Gasteiger partial charge in [0, 0.05) is 48.7 Å². The standard InChI is InChI=1S/C30H37N7O.ClH/c1-5-37(22(2)3)26-13-11-25(12-14-26)33-28-20-29(30(38)19-27(28)31)34-24-9-7-23(8-10-24)32-15-6-16-36-18-17-35(4)21-36;/h7-14,17-22H,5-6,15-16H2,1-4H3,(H3-,31,32,33,34,38);1H. The molecule has 1 heterocycles. The fraction of sp³-hybridized carbons (Fsp3) is 0.300. The maximum Gasteiger partial charge on any atom is 0.243 e. The van der Waals surface area contributed by atoms with Gasteiger partial charge in [-0.25, -0.2) is 14.1 Å². The number of imidazole rings is 1. The summed E-state index contributed by atoms with van der Waals surface area (Å²) in [6, 6.07) is 16.4. The van der Waals surface area contributed by atoms with E-state index in [-0.39, 0.29) is 18.2 Å². The SMILES string of the molecule is CCN(c1ccc(N=C2C=C(Nc3ccc(NCCCn4cc[n+](C)c4)cc3)C(=O)C=C2N)cc1)C(C)C.[Cl-]. The number of nitrogens with one attached hydrogen (secondary N) is 2. The van der Waals surface area contributed by atoms with Crippen molar-refractivity contribution < 1.29 is 21.8 Å². The van der Waals surface area contributed by atoms with E-state index in [1.165, 1.54) is 6.08 Å². The van der Waals surface area contributed by atoms with Crippen LogP contribution in [0.3, 0.4) is 0 Å². The number of anilines is 3. The van der Waals surface area contributed by atoms with Crippen LogP contribution in [0.25, 0.3) is 0 Å². The van der Waals surface area contributed by atoms with Crippen LogP contribution in [-0.2, 0) is 18.4 Å². The van der Waals surface area contributed by atoms with Gasteiger partial charge in [0.2, 0.25) is 12.1 Å². The van der Waals surface area contributed by atoms with E-state index in [4.69, 9.17) is 10.7 Å². The molecule has 4 N–H and O–H groups in total. The lowest BCUT2D eigenvalue weighted by molar-refractivity contribution is -0.671. The Hall–Kier alpha value is -4.04. The van der Waals surface area contributed by atoms with Gasteiger partial charge in [0.15, 0.2) is 0 Å². The van der Waals surface area contributed by atoms with Crippen LogP contribution in [0, 0.1) is 0 Å². The third kappa shape index (κ3) is 7.97. The van der Waals surface area contributed by atoms with Crippen LogP contribution in [0.1, 0.15) is 27.2 Å². The number of nitrogens with two attached hydrogens (primary N) is 1. The number of aromatic nitrogens is 2. The molecule has 0 spiro atoms. The molecule has 4 rings (SSSR count). The fourth-order valence-corrected chi connectivity index (χ4v) is 4.44. The number of rotatable bonds is 11. The number of carbonyl (C=O) groups is 1. The Morgan fingerprint density at radius 3 is 2.36 bits per heavy atom. The molecule has 1 aliphatic carbocycles. The quantitative estimate of drug-likeness (QED) is 0.192. The first kappa shape index (κ1) is 29.5. The average molecular weight is 548 g/mol. The normalized spacial score (nSPS) is 14.1. The van der Waals surface area contributed by atoms with Gasteiger partial charge in [0.25, 0.3) is 0 Å². The molecular formula is C30H38ClN7O. The molecule has 0 radical (unpaired) electrons. The molecule has 0 amide bonds. The number of hydrogen-bond acceptors (Lipinski definition) is 6. The van der Waals surface area contributed by atoms with Crippen LogP contribution in [0.5, 0.6) is 0 Å². The van der Waals surface area contributed by atoms with Crippen molar-refractivity contribution in [1.82, 2.24) is 4.57 Å². The lowest BCUT2D eigenvalue weighted by atomic mass is 10.1. The molecule has 0 atom stereocenters. The van der Waals surface area contributed by atoms with Crippen molar-refractivity contribution in [2.45, 2.75) is 39.8 Å². The highest BCUT2D eigenvalue weighted by Gasteiger charge is 2.17. The van der Waals surface area contributed by atoms with Crippen LogP contribution >= 0.6 is 0 Å². The average Bonchev–Trinajstić information content (AvgIpc) is 3.31. The molecule has 0 unspecified atom stereocenters. The summed E-state index contributed by atoms with van der Waals surface area (Å²) >= 11 is 0. The molecule has 1 aliphatic rings. The third-order valence-electron chi connectivity index (χ3n) is 6.43. The van der Waals surface area contributed by atoms with Crippen molar-refractivity contribution in [2.24, 2.45) is 17.8 Å². The topological polar surface area (TPSA) is 91.6 Å². The summed E-state index contributed by atoms with van der Waals surface area (Å²) in [4.78, 5) is 19.6. The first-order valence-corrected chi connectivity index (χ1v) is 13.1. The Bertz CT molecular complexity index is 1340. The van der Waals surface area contributed by atoms with Crippen LogP contribution in [0.15, 0.2) is 95.8 Å². The summed E-state index contributed by atoms with van der Waals surface area (Å²) in [7, 11) is 2.02. The van der Waals surface area contributed by atoms with Crippen molar-refractivity contribution in [3.63, 3.8) is 0 Å². The van der Waals surface area contributed by atoms with Crippen LogP contribution in [0.4, 0.5) is 22.7 Å². The van der Waals surface area contributed by atoms with E-state index in [0.717, 1.165) is 48.8 Å². The minimum atomic E-state index is -0.173. The lowest BCUT2D eigenvalue weighted by Crippen LogP contribution is -3.00. The number of benzene rings is 2. The smallest absolute Gasteiger partial charge is 0.243 e. The Kier molecular flexibility index (Phi) is 10.3. The van der Waals surface area contributed by atoms with E-state index in [2.05, 4.69) is 65.5 Å². The van der Waals surface area contributed by atoms with Gasteiger partial charge in [-0.1, -0.05) is 0 Å². The Balaban J connectivity index is 0.00000420. The maximum absolute atomic E-state index is 12.6. The maximum atomic E-state index is 12.6. The first-order chi connectivity index (χ1) is 18.3. The number of carbonyl (C=O) groups excluding carboxylic acids is 1. The van der Waals surface area contributed by atoms with E-state index >= 15 is 0 Å². The molecule has 39 heavy (non-hydrogen) atoms. The van der Waals surface area contributed by atoms with Gasteiger partial charge >= 0.3 is 0 Å². The molecule has 0 aliphatic heterocycles. The summed E-state index contributed by atoms with van der Waals surface area (Å²) in [5.41, 5.74) is 11.3. The second-order valence-electron chi connectivity index (χ2n) is 9.71. The molecule has 8 nitrogen and oxygen atoms in total. The summed E-state index contributed by atoms with van der Waals surface area (Å²) in [5.74, 6) is -0.173. The highest BCUT2D eigenvalue weighted by molar-refractivity contribution is 6.23. The zero-order valence-electron chi connectivity index (χ0n) is 23.1. The van der Waals surface area contributed by atoms with Crippen LogP contribution in [-0.4, -0.2) is 35.2 Å². The molecule has 0 fully saturated rings. The Morgan fingerprint density at radius 1 is 1.05 bits per heavy atom. The fourth-order valence-electron chi connectivity index (χ4n) is 4.44. The molecule has 9 heteroatoms. The summed E-state index contributed by atoms with van der Waals surface area (Å²) in [6.45, 7) is 9.27. The number of aliphatic imine (C=N–C) groups is 1. The molecule has 0 bridgehead atoms. The second-order valence-corrected chi connectivity index (χ2v) is 9.71. The monoisotopic (exact) mass is 547 g/mol. The number of halogens is 1. The van der Waals surface area contributed by atoms with Gasteiger partial charge in [0.1, 0.15) is 12.4 Å². The lowest BCUT2D eigenvalue weighted by Gasteiger charge is -2.27. The second kappa shape index (κ2) is 13.7. The predicted molar refractivity (Wildman–Crippen MR) is 156 cm³/mol. The highest BCUT2D eigenvalue weighted by atomic mass is 35.5. The van der Waals surface area contributed by atoms with Gasteiger partial charge in [-0.2, -0.15) is 0 Å². The van der Waals surface area contributed by atoms with Crippen molar-refractivity contribution in [2.75, 3.05) is 28.6 Å². The number of ketones is 1. The molecule has 1 aromatic heterocycles. The Labute approximate surface area is 237 Å². The van der Waals surface area contributed by atoms with E-state index in [0.29, 0.717) is 23.1 Å². The van der Waals surface area contributed by atoms with Crippen molar-refractivity contribution in [3.8, 4) is 0 Å². The zero-order valence-corrected chi connectivity index (χ0v) is 23.8. The minimum absolute atomic E-state index is 0. The summed E-state index contributed by atoms with van der Waals surface area (Å²) in [6.07, 6.45) is 10.3. The molecule has 2 aromatic carbocycles. The van der Waals surface area contributed by atoms with Gasteiger partial charge in [-0.3, -0.25) is 4.79 Å². The zero-order chi connectivity index (χ0) is 27.1. The third-order valence-corrected chi connectivity index (χ3v) is 6.43. The van der Waals surface area contributed by atoms with Crippen molar-refractivity contribution >= 4 is 34.2 Å². The van der Waals surface area contributed by atoms with E-state index in [1.807, 2.05) is 54.2 Å². The van der Waals surface area contributed by atoms with E-state index in [9.17, 15) is 4.79 Å². The van der Waals surface area contributed by atoms with Crippen LogP contribution < -0.4 is 38.2 Å². The molecule has 206 valence electrons. The van der Waals surface area contributed by atoms with E-state index in [1.54, 1.807) is 6.08 Å². The number of aryl methyl sites for hydroxylation is 2. The van der Waals surface area contributed by atoms with E-state index < -0.39 is 0 Å². The largest absolute Gasteiger partial charge is 1.00 e. The van der Waals surface area contributed by atoms with Gasteiger partial charge in [-0.05, 0) is 75.4 Å². The van der Waals surface area contributed by atoms with Gasteiger partial charge in [-0.15, -0.1) is 0 Å². The number of nitrogens with zero attached hydrogens (tertiary/aromatic N) is 4. The number of allylic oxidation sites excluding steroid dienone is 2. The van der Waals surface area contributed by atoms with Crippen molar-refractivity contribution in [1.29, 1.82) is 0 Å².